The van der Waals surface area contributed by atoms with Crippen LogP contribution >= 0.6 is 0 Å². The third-order valence-corrected chi connectivity index (χ3v) is 4.95. The van der Waals surface area contributed by atoms with E-state index >= 15 is 0 Å². The molecule has 3 rings (SSSR count). The van der Waals surface area contributed by atoms with Gasteiger partial charge in [-0.3, -0.25) is 0 Å². The minimum atomic E-state index is -2.06. The smallest absolute Gasteiger partial charge is 0.182 e. The highest BCUT2D eigenvalue weighted by molar-refractivity contribution is 5.37. The first-order chi connectivity index (χ1) is 10.0. The van der Waals surface area contributed by atoms with Gasteiger partial charge in [0.25, 0.3) is 0 Å². The van der Waals surface area contributed by atoms with Gasteiger partial charge >= 0.3 is 0 Å². The van der Waals surface area contributed by atoms with Gasteiger partial charge in [-0.25, -0.2) is 0 Å². The van der Waals surface area contributed by atoms with Crippen LogP contribution < -0.4 is 0 Å². The predicted octanol–water partition coefficient (Wildman–Crippen LogP) is -0.902. The van der Waals surface area contributed by atoms with Gasteiger partial charge in [-0.15, -0.1) is 0 Å². The van der Waals surface area contributed by atoms with Crippen LogP contribution in [-0.2, 0) is 9.47 Å². The number of epoxide rings is 1. The molecule has 7 atom stereocenters. The van der Waals surface area contributed by atoms with E-state index in [-0.39, 0.29) is 6.42 Å². The fraction of sp³-hybridized carbons (Fsp3) is 0.750. The summed E-state index contributed by atoms with van der Waals surface area (Å²) < 4.78 is 11.4. The number of hydrogen-bond donors (Lipinski definition) is 4. The Bertz CT molecular complexity index is 575. The van der Waals surface area contributed by atoms with Crippen LogP contribution in [0.15, 0.2) is 12.2 Å². The average molecular weight is 310 g/mol. The number of rotatable bonds is 0. The highest BCUT2D eigenvalue weighted by atomic mass is 16.7. The second-order valence-electron chi connectivity index (χ2n) is 7.10. The Kier molecular flexibility index (Phi) is 3.29. The Morgan fingerprint density at radius 3 is 2.23 bits per heavy atom. The standard InChI is InChI=1S/C16H22O6/c1-8(2)5-6-15(20)10(18)12-16(13(22-16)11(15)19)7-9(17)14(3,4)21-12/h9-13,17-20H,1,7H2,2-4H3/t9-,10+,11+,12+,13+,15+,16-/m1/s1. The second kappa shape index (κ2) is 4.54. The van der Waals surface area contributed by atoms with E-state index in [4.69, 9.17) is 9.47 Å². The Labute approximate surface area is 129 Å². The zero-order valence-electron chi connectivity index (χ0n) is 12.9. The minimum Gasteiger partial charge on any atom is -0.390 e. The van der Waals surface area contributed by atoms with E-state index < -0.39 is 47.3 Å². The Morgan fingerprint density at radius 1 is 1.14 bits per heavy atom. The molecule has 0 bridgehead atoms. The van der Waals surface area contributed by atoms with Crippen molar-refractivity contribution in [3.8, 4) is 11.8 Å². The van der Waals surface area contributed by atoms with E-state index in [1.54, 1.807) is 20.8 Å². The normalized spacial score (nSPS) is 51.9. The number of allylic oxidation sites excluding steroid dienone is 1. The summed E-state index contributed by atoms with van der Waals surface area (Å²) in [6.45, 7) is 8.69. The minimum absolute atomic E-state index is 0.230. The largest absolute Gasteiger partial charge is 0.390 e. The molecule has 3 aliphatic rings. The van der Waals surface area contributed by atoms with Gasteiger partial charge in [-0.1, -0.05) is 18.4 Å². The lowest BCUT2D eigenvalue weighted by Crippen LogP contribution is -2.71. The van der Waals surface area contributed by atoms with Crippen LogP contribution in [0.4, 0.5) is 0 Å². The van der Waals surface area contributed by atoms with E-state index in [1.165, 1.54) is 0 Å². The lowest BCUT2D eigenvalue weighted by molar-refractivity contribution is -0.260. The first kappa shape index (κ1) is 15.9. The van der Waals surface area contributed by atoms with E-state index in [9.17, 15) is 20.4 Å². The number of ether oxygens (including phenoxy) is 2. The van der Waals surface area contributed by atoms with Crippen LogP contribution in [0.1, 0.15) is 27.2 Å². The van der Waals surface area contributed by atoms with Gasteiger partial charge < -0.3 is 29.9 Å². The van der Waals surface area contributed by atoms with Crippen molar-refractivity contribution in [1.29, 1.82) is 0 Å². The van der Waals surface area contributed by atoms with Crippen molar-refractivity contribution in [3.05, 3.63) is 12.2 Å². The summed E-state index contributed by atoms with van der Waals surface area (Å²) in [6.07, 6.45) is -5.00. The first-order valence-corrected chi connectivity index (χ1v) is 7.35. The predicted molar refractivity (Wildman–Crippen MR) is 76.7 cm³/mol. The Morgan fingerprint density at radius 2 is 1.68 bits per heavy atom. The quantitative estimate of drug-likeness (QED) is 0.341. The molecular weight excluding hydrogens is 288 g/mol. The molecule has 0 aromatic heterocycles. The van der Waals surface area contributed by atoms with Gasteiger partial charge in [-0.2, -0.15) is 0 Å². The van der Waals surface area contributed by atoms with Crippen LogP contribution in [0.5, 0.6) is 0 Å². The molecule has 4 N–H and O–H groups in total. The molecule has 1 spiro atoms. The fourth-order valence-electron chi connectivity index (χ4n) is 3.42. The van der Waals surface area contributed by atoms with Crippen LogP contribution in [-0.4, -0.2) is 67.7 Å². The molecule has 1 aliphatic carbocycles. The molecule has 0 aromatic rings. The van der Waals surface area contributed by atoms with Gasteiger partial charge in [-0.05, 0) is 26.3 Å². The molecular formula is C16H22O6. The van der Waals surface area contributed by atoms with E-state index in [2.05, 4.69) is 18.4 Å². The topological polar surface area (TPSA) is 103 Å². The molecule has 2 saturated heterocycles. The van der Waals surface area contributed by atoms with Crippen LogP contribution in [0.2, 0.25) is 0 Å². The molecule has 122 valence electrons. The molecule has 0 amide bonds. The molecule has 0 unspecified atom stereocenters. The van der Waals surface area contributed by atoms with Gasteiger partial charge in [0.2, 0.25) is 0 Å². The maximum Gasteiger partial charge on any atom is 0.182 e. The highest BCUT2D eigenvalue weighted by Crippen LogP contribution is 2.58. The lowest BCUT2D eigenvalue weighted by atomic mass is 9.68. The van der Waals surface area contributed by atoms with Crippen molar-refractivity contribution in [1.82, 2.24) is 0 Å². The van der Waals surface area contributed by atoms with E-state index in [0.29, 0.717) is 5.57 Å². The van der Waals surface area contributed by atoms with Crippen LogP contribution in [0.25, 0.3) is 0 Å². The Balaban J connectivity index is 1.98. The third kappa shape index (κ3) is 1.98. The number of hydrogen-bond acceptors (Lipinski definition) is 6. The maximum absolute atomic E-state index is 10.7. The molecule has 6 heteroatoms. The van der Waals surface area contributed by atoms with Crippen molar-refractivity contribution in [2.45, 2.75) is 74.5 Å². The van der Waals surface area contributed by atoms with Crippen molar-refractivity contribution in [2.24, 2.45) is 0 Å². The second-order valence-corrected chi connectivity index (χ2v) is 7.10. The molecule has 22 heavy (non-hydrogen) atoms. The molecule has 2 aliphatic heterocycles. The van der Waals surface area contributed by atoms with Gasteiger partial charge in [0.05, 0.1) is 11.7 Å². The summed E-state index contributed by atoms with van der Waals surface area (Å²) in [4.78, 5) is 0. The summed E-state index contributed by atoms with van der Waals surface area (Å²) in [5.74, 6) is 5.11. The number of aliphatic hydroxyl groups is 4. The van der Waals surface area contributed by atoms with Crippen LogP contribution in [0.3, 0.4) is 0 Å². The van der Waals surface area contributed by atoms with Gasteiger partial charge in [0.15, 0.2) is 5.60 Å². The van der Waals surface area contributed by atoms with Crippen molar-refractivity contribution < 1.29 is 29.9 Å². The lowest BCUT2D eigenvalue weighted by Gasteiger charge is -2.50. The molecule has 6 nitrogen and oxygen atoms in total. The van der Waals surface area contributed by atoms with Crippen LogP contribution in [0, 0.1) is 11.8 Å². The average Bonchev–Trinajstić information content (AvgIpc) is 3.13. The van der Waals surface area contributed by atoms with E-state index in [1.807, 2.05) is 0 Å². The summed E-state index contributed by atoms with van der Waals surface area (Å²) in [7, 11) is 0. The molecule has 2 heterocycles. The molecule has 1 saturated carbocycles. The zero-order valence-corrected chi connectivity index (χ0v) is 12.9. The summed E-state index contributed by atoms with van der Waals surface area (Å²) in [6, 6.07) is 0. The molecule has 0 aromatic carbocycles. The third-order valence-electron chi connectivity index (χ3n) is 4.95. The van der Waals surface area contributed by atoms with Gasteiger partial charge in [0, 0.05) is 6.42 Å². The number of aliphatic hydroxyl groups excluding tert-OH is 3. The summed E-state index contributed by atoms with van der Waals surface area (Å²) >= 11 is 0. The first-order valence-electron chi connectivity index (χ1n) is 7.35. The fourth-order valence-corrected chi connectivity index (χ4v) is 3.42. The molecule has 0 radical (unpaired) electrons. The highest BCUT2D eigenvalue weighted by Gasteiger charge is 2.78. The van der Waals surface area contributed by atoms with Crippen molar-refractivity contribution >= 4 is 0 Å². The van der Waals surface area contributed by atoms with E-state index in [0.717, 1.165) is 0 Å². The molecule has 3 fully saturated rings. The monoisotopic (exact) mass is 310 g/mol. The van der Waals surface area contributed by atoms with Crippen molar-refractivity contribution in [3.63, 3.8) is 0 Å². The van der Waals surface area contributed by atoms with Crippen molar-refractivity contribution in [2.75, 3.05) is 0 Å². The zero-order chi connectivity index (χ0) is 16.5. The maximum atomic E-state index is 10.7. The Hall–Kier alpha value is -0.940. The summed E-state index contributed by atoms with van der Waals surface area (Å²) in [5.41, 5.74) is -3.42. The summed E-state index contributed by atoms with van der Waals surface area (Å²) in [5, 5.41) is 41.8. The SMILES string of the molecule is C=C(C)C#C[C@]1(O)[C@@H](O)[C@@H]2OC(C)(C)[C@H](O)C[C@@]23O[C@H]3[C@@H]1O. The van der Waals surface area contributed by atoms with Gasteiger partial charge in [0.1, 0.15) is 30.0 Å².